The van der Waals surface area contributed by atoms with Crippen molar-refractivity contribution in [3.63, 3.8) is 0 Å². The zero-order valence-electron chi connectivity index (χ0n) is 19.2. The van der Waals surface area contributed by atoms with Gasteiger partial charge in [0.1, 0.15) is 17.0 Å². The highest BCUT2D eigenvalue weighted by Gasteiger charge is 2.24. The van der Waals surface area contributed by atoms with Crippen LogP contribution >= 0.6 is 0 Å². The van der Waals surface area contributed by atoms with E-state index in [1.807, 2.05) is 31.3 Å². The molecule has 1 atom stereocenters. The van der Waals surface area contributed by atoms with E-state index in [0.717, 1.165) is 57.6 Å². The van der Waals surface area contributed by atoms with Crippen molar-refractivity contribution in [1.82, 2.24) is 20.2 Å². The molecule has 4 heterocycles. The lowest BCUT2D eigenvalue weighted by molar-refractivity contribution is 0.0986. The predicted molar refractivity (Wildman–Crippen MR) is 133 cm³/mol. The predicted octanol–water partition coefficient (Wildman–Crippen LogP) is 3.59. The molecule has 3 aromatic heterocycles. The number of aryl methyl sites for hydroxylation is 1. The second-order valence-corrected chi connectivity index (χ2v) is 10.3. The maximum atomic E-state index is 11.6. The summed E-state index contributed by atoms with van der Waals surface area (Å²) in [6.45, 7) is 6.18. The third-order valence-corrected chi connectivity index (χ3v) is 6.54. The molecule has 1 aliphatic rings. The van der Waals surface area contributed by atoms with Gasteiger partial charge in [0.15, 0.2) is 0 Å². The number of hydrogen-bond donors (Lipinski definition) is 2. The summed E-state index contributed by atoms with van der Waals surface area (Å²) in [4.78, 5) is 12.0. The lowest BCUT2D eigenvalue weighted by Crippen LogP contribution is -2.44. The molecule has 1 saturated heterocycles. The number of hydrogen-bond acceptors (Lipinski definition) is 7. The third kappa shape index (κ3) is 4.34. The Hall–Kier alpha value is -3.50. The van der Waals surface area contributed by atoms with Crippen LogP contribution in [0.15, 0.2) is 48.8 Å². The average Bonchev–Trinajstić information content (AvgIpc) is 3.33. The molecule has 0 radical (unpaired) electrons. The van der Waals surface area contributed by atoms with Gasteiger partial charge in [-0.1, -0.05) is 12.1 Å². The first-order valence-electron chi connectivity index (χ1n) is 11.0. The van der Waals surface area contributed by atoms with Crippen LogP contribution in [0.2, 0.25) is 0 Å². The van der Waals surface area contributed by atoms with Gasteiger partial charge in [-0.15, -0.1) is 0 Å². The number of nitrogens with zero attached hydrogens (tertiary/aromatic N) is 4. The van der Waals surface area contributed by atoms with Crippen LogP contribution in [0.4, 0.5) is 11.5 Å². The fourth-order valence-electron chi connectivity index (χ4n) is 4.35. The topological polar surface area (TPSA) is 113 Å². The number of aromatic nitrogens is 4. The number of sulfonamides is 1. The van der Waals surface area contributed by atoms with Crippen LogP contribution in [0.1, 0.15) is 12.5 Å². The Labute approximate surface area is 198 Å². The molecule has 0 amide bonds. The van der Waals surface area contributed by atoms with Gasteiger partial charge in [-0.3, -0.25) is 14.8 Å². The van der Waals surface area contributed by atoms with E-state index < -0.39 is 10.0 Å². The van der Waals surface area contributed by atoms with Crippen LogP contribution in [-0.4, -0.2) is 60.6 Å². The molecule has 10 heteroatoms. The number of pyridine rings is 2. The molecule has 0 bridgehead atoms. The minimum atomic E-state index is -3.35. The van der Waals surface area contributed by atoms with Crippen molar-refractivity contribution in [2.45, 2.75) is 19.9 Å². The third-order valence-electron chi connectivity index (χ3n) is 5.93. The van der Waals surface area contributed by atoms with E-state index in [1.165, 1.54) is 0 Å². The smallest absolute Gasteiger partial charge is 0.229 e. The first-order chi connectivity index (χ1) is 16.3. The molecule has 1 aromatic carbocycles. The highest BCUT2D eigenvalue weighted by molar-refractivity contribution is 7.92. The molecule has 5 rings (SSSR count). The quantitative estimate of drug-likeness (QED) is 0.451. The molecule has 176 valence electrons. The number of ether oxygens (including phenoxy) is 1. The first-order valence-corrected chi connectivity index (χ1v) is 12.9. The number of nitrogens with one attached hydrogen (secondary N) is 2. The Morgan fingerprint density at radius 3 is 2.68 bits per heavy atom. The van der Waals surface area contributed by atoms with Gasteiger partial charge in [-0.25, -0.2) is 13.4 Å². The van der Waals surface area contributed by atoms with E-state index in [9.17, 15) is 8.42 Å². The van der Waals surface area contributed by atoms with Gasteiger partial charge < -0.3 is 9.64 Å². The summed E-state index contributed by atoms with van der Waals surface area (Å²) in [5.74, 6) is 0.852. The Balaban J connectivity index is 1.73. The summed E-state index contributed by atoms with van der Waals surface area (Å²) in [7, 11) is -3.35. The second kappa shape index (κ2) is 8.69. The lowest BCUT2D eigenvalue weighted by Gasteiger charge is -2.34. The number of aromatic amines is 1. The van der Waals surface area contributed by atoms with Gasteiger partial charge in [-0.2, -0.15) is 5.10 Å². The van der Waals surface area contributed by atoms with E-state index in [2.05, 4.69) is 37.8 Å². The second-order valence-electron chi connectivity index (χ2n) is 8.58. The van der Waals surface area contributed by atoms with Gasteiger partial charge >= 0.3 is 0 Å². The number of benzene rings is 1. The van der Waals surface area contributed by atoms with E-state index in [-0.39, 0.29) is 6.04 Å². The molecule has 0 spiro atoms. The Morgan fingerprint density at radius 1 is 1.21 bits per heavy atom. The fourth-order valence-corrected chi connectivity index (χ4v) is 4.91. The summed E-state index contributed by atoms with van der Waals surface area (Å²) >= 11 is 0. The molecule has 0 unspecified atom stereocenters. The largest absolute Gasteiger partial charge is 0.377 e. The van der Waals surface area contributed by atoms with Crippen molar-refractivity contribution in [2.24, 2.45) is 0 Å². The van der Waals surface area contributed by atoms with Gasteiger partial charge in [-0.05, 0) is 54.8 Å². The van der Waals surface area contributed by atoms with E-state index in [1.54, 1.807) is 18.3 Å². The maximum Gasteiger partial charge on any atom is 0.229 e. The molecule has 1 fully saturated rings. The number of morpholine rings is 1. The minimum absolute atomic E-state index is 0.182. The summed E-state index contributed by atoms with van der Waals surface area (Å²) in [6, 6.07) is 11.6. The van der Waals surface area contributed by atoms with Crippen molar-refractivity contribution < 1.29 is 13.2 Å². The number of fused-ring (bicyclic) bond motifs is 1. The van der Waals surface area contributed by atoms with Crippen molar-refractivity contribution in [2.75, 3.05) is 35.6 Å². The van der Waals surface area contributed by atoms with Gasteiger partial charge in [0.05, 0.1) is 31.2 Å². The summed E-state index contributed by atoms with van der Waals surface area (Å²) in [6.07, 6.45) is 4.69. The molecule has 9 nitrogen and oxygen atoms in total. The summed E-state index contributed by atoms with van der Waals surface area (Å²) in [5, 5.41) is 8.10. The average molecular weight is 479 g/mol. The number of rotatable bonds is 5. The highest BCUT2D eigenvalue weighted by Crippen LogP contribution is 2.37. The van der Waals surface area contributed by atoms with Crippen molar-refractivity contribution in [3.8, 4) is 22.5 Å². The van der Waals surface area contributed by atoms with Crippen LogP contribution in [0, 0.1) is 6.92 Å². The van der Waals surface area contributed by atoms with Crippen molar-refractivity contribution in [3.05, 3.63) is 54.4 Å². The molecule has 2 N–H and O–H groups in total. The zero-order valence-corrected chi connectivity index (χ0v) is 20.1. The standard InChI is InChI=1S/C24H26N6O3S/c1-15-13-25-23(20-8-9-26-28-20)24-22(15)19(12-21(27-24)30-10-11-33-14-16(30)2)17-4-6-18(7-5-17)29-34(3,31)32/h4-9,12-13,16,29H,10-11,14H2,1-3H3,(H,26,28)/t16-/m1/s1. The fraction of sp³-hybridized carbons (Fsp3) is 0.292. The van der Waals surface area contributed by atoms with Crippen LogP contribution < -0.4 is 9.62 Å². The molecule has 0 aliphatic carbocycles. The molecule has 4 aromatic rings. The van der Waals surface area contributed by atoms with Crippen LogP contribution in [0.3, 0.4) is 0 Å². The maximum absolute atomic E-state index is 11.6. The zero-order chi connectivity index (χ0) is 23.9. The van der Waals surface area contributed by atoms with E-state index in [4.69, 9.17) is 9.72 Å². The minimum Gasteiger partial charge on any atom is -0.377 e. The van der Waals surface area contributed by atoms with E-state index in [0.29, 0.717) is 18.9 Å². The van der Waals surface area contributed by atoms with Crippen LogP contribution in [-0.2, 0) is 14.8 Å². The molecular weight excluding hydrogens is 452 g/mol. The van der Waals surface area contributed by atoms with Crippen molar-refractivity contribution >= 4 is 32.4 Å². The van der Waals surface area contributed by atoms with Gasteiger partial charge in [0.25, 0.3) is 0 Å². The first kappa shape index (κ1) is 22.3. The Morgan fingerprint density at radius 2 is 2.00 bits per heavy atom. The van der Waals surface area contributed by atoms with E-state index >= 15 is 0 Å². The Bertz CT molecular complexity index is 1440. The summed E-state index contributed by atoms with van der Waals surface area (Å²) in [5.41, 5.74) is 5.79. The monoisotopic (exact) mass is 478 g/mol. The van der Waals surface area contributed by atoms with Crippen LogP contribution in [0.5, 0.6) is 0 Å². The molecule has 1 aliphatic heterocycles. The summed E-state index contributed by atoms with van der Waals surface area (Å²) < 4.78 is 31.4. The lowest BCUT2D eigenvalue weighted by atomic mass is 9.97. The normalized spacial score (nSPS) is 16.7. The van der Waals surface area contributed by atoms with Crippen molar-refractivity contribution in [1.29, 1.82) is 0 Å². The van der Waals surface area contributed by atoms with Gasteiger partial charge in [0.2, 0.25) is 10.0 Å². The molecule has 0 saturated carbocycles. The molecule has 34 heavy (non-hydrogen) atoms. The van der Waals surface area contributed by atoms with Gasteiger partial charge in [0, 0.05) is 30.0 Å². The van der Waals surface area contributed by atoms with Crippen LogP contribution in [0.25, 0.3) is 33.4 Å². The Kier molecular flexibility index (Phi) is 5.70. The number of H-pyrrole nitrogens is 1. The highest BCUT2D eigenvalue weighted by atomic mass is 32.2. The SMILES string of the molecule is Cc1cnc(-c2ccn[nH]2)c2nc(N3CCOC[C@H]3C)cc(-c3ccc(NS(C)(=O)=O)cc3)c12. The number of anilines is 2. The molecular formula is C24H26N6O3S.